The predicted octanol–water partition coefficient (Wildman–Crippen LogP) is 2.47. The zero-order chi connectivity index (χ0) is 12.8. The summed E-state index contributed by atoms with van der Waals surface area (Å²) in [7, 11) is -0.860. The van der Waals surface area contributed by atoms with Crippen LogP contribution >= 0.6 is 0 Å². The third-order valence-corrected chi connectivity index (χ3v) is 2.79. The maximum absolute atomic E-state index is 10.1. The van der Waals surface area contributed by atoms with E-state index in [4.69, 9.17) is 4.65 Å². The molecule has 0 amide bonds. The molecule has 2 nitrogen and oxygen atoms in total. The maximum atomic E-state index is 10.1. The minimum Gasteiger partial charge on any atom is -0.423 e. The highest BCUT2D eigenvalue weighted by Gasteiger charge is 2.19. The van der Waals surface area contributed by atoms with Gasteiger partial charge < -0.3 is 9.68 Å². The lowest BCUT2D eigenvalue weighted by molar-refractivity contribution is 0.270. The number of hydrogen-bond acceptors (Lipinski definition) is 2. The summed E-state index contributed by atoms with van der Waals surface area (Å²) in [6.45, 7) is 2.58. The van der Waals surface area contributed by atoms with Crippen LogP contribution in [-0.4, -0.2) is 18.7 Å². The van der Waals surface area contributed by atoms with Crippen molar-refractivity contribution < 1.29 is 9.68 Å². The molecule has 0 aromatic heterocycles. The van der Waals surface area contributed by atoms with E-state index >= 15 is 0 Å². The standard InChI is InChI=1S/C15H17BO2/c1-2-12-18-16(17)15-11-7-6-10-14(15)13-8-4-3-5-9-13/h3-11,17H,2,12H2,1H3. The van der Waals surface area contributed by atoms with Crippen LogP contribution in [0.15, 0.2) is 54.6 Å². The monoisotopic (exact) mass is 240 g/mol. The molecule has 18 heavy (non-hydrogen) atoms. The minimum atomic E-state index is -0.860. The fourth-order valence-corrected chi connectivity index (χ4v) is 1.91. The Hall–Kier alpha value is -1.58. The molecule has 2 aromatic rings. The van der Waals surface area contributed by atoms with Crippen LogP contribution in [0, 0.1) is 0 Å². The second-order valence-corrected chi connectivity index (χ2v) is 4.18. The Bertz CT molecular complexity index is 485. The summed E-state index contributed by atoms with van der Waals surface area (Å²) in [4.78, 5) is 0. The summed E-state index contributed by atoms with van der Waals surface area (Å²) in [5.41, 5.74) is 2.92. The SMILES string of the molecule is CCCOB(O)c1ccccc1-c1ccccc1. The van der Waals surface area contributed by atoms with Crippen molar-refractivity contribution in [3.63, 3.8) is 0 Å². The van der Waals surface area contributed by atoms with Crippen molar-refractivity contribution in [3.8, 4) is 11.1 Å². The number of hydrogen-bond donors (Lipinski definition) is 1. The lowest BCUT2D eigenvalue weighted by Gasteiger charge is -2.12. The molecule has 3 heteroatoms. The van der Waals surface area contributed by atoms with Crippen LogP contribution in [0.4, 0.5) is 0 Å². The van der Waals surface area contributed by atoms with Gasteiger partial charge >= 0.3 is 7.12 Å². The van der Waals surface area contributed by atoms with Gasteiger partial charge in [-0.25, -0.2) is 0 Å². The summed E-state index contributed by atoms with van der Waals surface area (Å²) in [5.74, 6) is 0. The largest absolute Gasteiger partial charge is 0.491 e. The molecule has 2 rings (SSSR count). The summed E-state index contributed by atoms with van der Waals surface area (Å²) >= 11 is 0. The number of rotatable bonds is 5. The van der Waals surface area contributed by atoms with Crippen LogP contribution in [0.25, 0.3) is 11.1 Å². The van der Waals surface area contributed by atoms with Crippen molar-refractivity contribution in [3.05, 3.63) is 54.6 Å². The topological polar surface area (TPSA) is 29.5 Å². The molecule has 0 aliphatic carbocycles. The molecule has 92 valence electrons. The number of benzene rings is 2. The van der Waals surface area contributed by atoms with E-state index in [1.54, 1.807) is 0 Å². The minimum absolute atomic E-state index is 0.560. The first-order valence-corrected chi connectivity index (χ1v) is 6.27. The highest BCUT2D eigenvalue weighted by Crippen LogP contribution is 2.17. The van der Waals surface area contributed by atoms with Gasteiger partial charge in [0.05, 0.1) is 0 Å². The van der Waals surface area contributed by atoms with E-state index in [1.165, 1.54) is 0 Å². The van der Waals surface area contributed by atoms with Gasteiger partial charge in [-0.2, -0.15) is 0 Å². The van der Waals surface area contributed by atoms with E-state index in [9.17, 15) is 5.02 Å². The van der Waals surface area contributed by atoms with Crippen molar-refractivity contribution >= 4 is 12.6 Å². The Labute approximate surface area is 108 Å². The highest BCUT2D eigenvalue weighted by molar-refractivity contribution is 6.61. The van der Waals surface area contributed by atoms with Gasteiger partial charge in [0.15, 0.2) is 0 Å². The Morgan fingerprint density at radius 3 is 2.39 bits per heavy atom. The first-order valence-electron chi connectivity index (χ1n) is 6.27. The molecular weight excluding hydrogens is 223 g/mol. The quantitative estimate of drug-likeness (QED) is 0.813. The smallest absolute Gasteiger partial charge is 0.423 e. The molecule has 0 saturated heterocycles. The van der Waals surface area contributed by atoms with Crippen molar-refractivity contribution in [1.82, 2.24) is 0 Å². The second kappa shape index (κ2) is 6.38. The molecule has 0 fully saturated rings. The van der Waals surface area contributed by atoms with Crippen molar-refractivity contribution in [1.29, 1.82) is 0 Å². The summed E-state index contributed by atoms with van der Waals surface area (Å²) in [5, 5.41) is 10.1. The van der Waals surface area contributed by atoms with Crippen molar-refractivity contribution in [2.75, 3.05) is 6.61 Å². The average molecular weight is 240 g/mol. The molecule has 0 bridgehead atoms. The van der Waals surface area contributed by atoms with E-state index in [-0.39, 0.29) is 0 Å². The van der Waals surface area contributed by atoms with E-state index in [0.717, 1.165) is 23.0 Å². The van der Waals surface area contributed by atoms with E-state index in [1.807, 2.05) is 61.5 Å². The van der Waals surface area contributed by atoms with Crippen LogP contribution in [-0.2, 0) is 4.65 Å². The summed E-state index contributed by atoms with van der Waals surface area (Å²) in [6.07, 6.45) is 0.893. The zero-order valence-corrected chi connectivity index (χ0v) is 10.5. The summed E-state index contributed by atoms with van der Waals surface area (Å²) < 4.78 is 5.39. The molecule has 0 radical (unpaired) electrons. The fourth-order valence-electron chi connectivity index (χ4n) is 1.91. The van der Waals surface area contributed by atoms with Crippen LogP contribution in [0.3, 0.4) is 0 Å². The summed E-state index contributed by atoms with van der Waals surface area (Å²) in [6, 6.07) is 17.8. The molecular formula is C15H17BO2. The first-order chi connectivity index (χ1) is 8.83. The van der Waals surface area contributed by atoms with Crippen LogP contribution in [0.2, 0.25) is 0 Å². The Morgan fingerprint density at radius 1 is 1.00 bits per heavy atom. The normalized spacial score (nSPS) is 10.3. The zero-order valence-electron chi connectivity index (χ0n) is 10.5. The van der Waals surface area contributed by atoms with E-state index in [0.29, 0.717) is 6.61 Å². The molecule has 2 aromatic carbocycles. The van der Waals surface area contributed by atoms with Gasteiger partial charge in [0.2, 0.25) is 0 Å². The fraction of sp³-hybridized carbons (Fsp3) is 0.200. The van der Waals surface area contributed by atoms with Crippen LogP contribution < -0.4 is 5.46 Å². The third-order valence-electron chi connectivity index (χ3n) is 2.79. The van der Waals surface area contributed by atoms with Gasteiger partial charge in [-0.3, -0.25) is 0 Å². The lowest BCUT2D eigenvalue weighted by Crippen LogP contribution is -2.35. The van der Waals surface area contributed by atoms with E-state index < -0.39 is 7.12 Å². The van der Waals surface area contributed by atoms with Gasteiger partial charge in [0.1, 0.15) is 0 Å². The molecule has 0 saturated carbocycles. The first kappa shape index (κ1) is 12.9. The third kappa shape index (κ3) is 3.00. The molecule has 0 heterocycles. The Kier molecular flexibility index (Phi) is 4.56. The predicted molar refractivity (Wildman–Crippen MR) is 75.7 cm³/mol. The van der Waals surface area contributed by atoms with Crippen LogP contribution in [0.5, 0.6) is 0 Å². The molecule has 0 unspecified atom stereocenters. The van der Waals surface area contributed by atoms with E-state index in [2.05, 4.69) is 0 Å². The van der Waals surface area contributed by atoms with Gasteiger partial charge in [-0.1, -0.05) is 61.5 Å². The molecule has 1 N–H and O–H groups in total. The lowest BCUT2D eigenvalue weighted by atomic mass is 9.75. The molecule has 0 aliphatic heterocycles. The van der Waals surface area contributed by atoms with Gasteiger partial charge in [-0.05, 0) is 23.0 Å². The average Bonchev–Trinajstić information content (AvgIpc) is 2.45. The Morgan fingerprint density at radius 2 is 1.67 bits per heavy atom. The molecule has 0 atom stereocenters. The molecule has 0 aliphatic rings. The van der Waals surface area contributed by atoms with Crippen molar-refractivity contribution in [2.45, 2.75) is 13.3 Å². The maximum Gasteiger partial charge on any atom is 0.491 e. The Balaban J connectivity index is 2.31. The molecule has 0 spiro atoms. The van der Waals surface area contributed by atoms with Gasteiger partial charge in [0, 0.05) is 6.61 Å². The van der Waals surface area contributed by atoms with Crippen LogP contribution in [0.1, 0.15) is 13.3 Å². The highest BCUT2D eigenvalue weighted by atomic mass is 16.5. The van der Waals surface area contributed by atoms with Crippen molar-refractivity contribution in [2.24, 2.45) is 0 Å². The second-order valence-electron chi connectivity index (χ2n) is 4.18. The van der Waals surface area contributed by atoms with Gasteiger partial charge in [-0.15, -0.1) is 0 Å². The van der Waals surface area contributed by atoms with Gasteiger partial charge in [0.25, 0.3) is 0 Å².